The van der Waals surface area contributed by atoms with E-state index in [1.807, 2.05) is 24.4 Å². The van der Waals surface area contributed by atoms with Crippen molar-refractivity contribution >= 4 is 11.8 Å². The maximum atomic E-state index is 5.58. The second-order valence-corrected chi connectivity index (χ2v) is 6.88. The van der Waals surface area contributed by atoms with Crippen molar-refractivity contribution in [2.45, 2.75) is 45.4 Å². The van der Waals surface area contributed by atoms with Gasteiger partial charge in [0.15, 0.2) is 0 Å². The van der Waals surface area contributed by atoms with Gasteiger partial charge in [-0.2, -0.15) is 0 Å². The number of H-pyrrole nitrogens is 2. The van der Waals surface area contributed by atoms with Gasteiger partial charge in [0.2, 0.25) is 0 Å². The number of nitrogens with one attached hydrogen (secondary N) is 2. The van der Waals surface area contributed by atoms with Crippen LogP contribution in [0.15, 0.2) is 40.9 Å². The first kappa shape index (κ1) is 16.0. The summed E-state index contributed by atoms with van der Waals surface area (Å²) in [6, 6.07) is 4.01. The third-order valence-corrected chi connectivity index (χ3v) is 5.31. The van der Waals surface area contributed by atoms with Crippen LogP contribution in [-0.4, -0.2) is 22.8 Å². The minimum atomic E-state index is 0.593. The molecular weight excluding hydrogens is 310 g/mol. The Kier molecular flexibility index (Phi) is 4.12. The van der Waals surface area contributed by atoms with E-state index in [2.05, 4.69) is 29.9 Å². The van der Waals surface area contributed by atoms with Gasteiger partial charge in [-0.15, -0.1) is 0 Å². The summed E-state index contributed by atoms with van der Waals surface area (Å²) < 4.78 is 5.58. The van der Waals surface area contributed by atoms with Crippen LogP contribution in [0.1, 0.15) is 60.8 Å². The summed E-state index contributed by atoms with van der Waals surface area (Å²) in [5.74, 6) is 1.41. The zero-order valence-electron chi connectivity index (χ0n) is 15.1. The van der Waals surface area contributed by atoms with Crippen molar-refractivity contribution in [3.8, 4) is 0 Å². The summed E-state index contributed by atoms with van der Waals surface area (Å²) in [4.78, 5) is 11.7. The Labute approximate surface area is 148 Å². The Morgan fingerprint density at radius 3 is 3.00 bits per heavy atom. The van der Waals surface area contributed by atoms with Gasteiger partial charge in [-0.1, -0.05) is 13.8 Å². The van der Waals surface area contributed by atoms with Gasteiger partial charge in [0.05, 0.1) is 18.5 Å². The molecule has 25 heavy (non-hydrogen) atoms. The number of ether oxygens (including phenoxy) is 1. The van der Waals surface area contributed by atoms with Crippen LogP contribution in [0.3, 0.4) is 0 Å². The molecule has 0 amide bonds. The number of aryl methyl sites for hydroxylation is 1. The highest BCUT2D eigenvalue weighted by Gasteiger charge is 2.25. The van der Waals surface area contributed by atoms with E-state index in [1.165, 1.54) is 41.8 Å². The van der Waals surface area contributed by atoms with Crippen molar-refractivity contribution in [2.75, 3.05) is 7.11 Å². The number of aromatic nitrogens is 2. The molecule has 1 aliphatic carbocycles. The van der Waals surface area contributed by atoms with Gasteiger partial charge in [-0.25, -0.2) is 4.99 Å². The van der Waals surface area contributed by atoms with Crippen molar-refractivity contribution in [1.82, 2.24) is 9.97 Å². The number of methoxy groups -OCH3 is 1. The number of hydrogen-bond donors (Lipinski definition) is 2. The van der Waals surface area contributed by atoms with Gasteiger partial charge in [0.25, 0.3) is 0 Å². The Morgan fingerprint density at radius 1 is 1.40 bits per heavy atom. The summed E-state index contributed by atoms with van der Waals surface area (Å²) in [5.41, 5.74) is 8.40. The highest BCUT2D eigenvalue weighted by atomic mass is 16.5. The first-order valence-electron chi connectivity index (χ1n) is 9.15. The van der Waals surface area contributed by atoms with E-state index < -0.39 is 0 Å². The van der Waals surface area contributed by atoms with Crippen molar-refractivity contribution in [3.05, 3.63) is 64.1 Å². The van der Waals surface area contributed by atoms with E-state index in [1.54, 1.807) is 7.11 Å². The molecule has 0 spiro atoms. The Hall–Kier alpha value is -2.49. The van der Waals surface area contributed by atoms with E-state index in [0.29, 0.717) is 5.92 Å². The van der Waals surface area contributed by atoms with Gasteiger partial charge in [0, 0.05) is 23.7 Å². The first-order valence-corrected chi connectivity index (χ1v) is 9.15. The van der Waals surface area contributed by atoms with Crippen molar-refractivity contribution < 1.29 is 4.74 Å². The molecule has 2 N–H and O–H groups in total. The van der Waals surface area contributed by atoms with E-state index in [0.717, 1.165) is 29.3 Å². The fourth-order valence-electron chi connectivity index (χ4n) is 4.07. The SMILES string of the molecule is CCc1[nH]c(C=C2N=C(c3ccc[nH]3)C=C2OC)c2c1CCCC2C. The number of aromatic amines is 2. The molecule has 0 saturated carbocycles. The van der Waals surface area contributed by atoms with Crippen molar-refractivity contribution in [2.24, 2.45) is 4.99 Å². The van der Waals surface area contributed by atoms with Crippen molar-refractivity contribution in [3.63, 3.8) is 0 Å². The fraction of sp³-hybridized carbons (Fsp3) is 0.381. The fourth-order valence-corrected chi connectivity index (χ4v) is 4.07. The molecule has 0 radical (unpaired) electrons. The molecule has 1 atom stereocenters. The molecule has 2 aromatic heterocycles. The Bertz CT molecular complexity index is 865. The molecule has 0 aromatic carbocycles. The summed E-state index contributed by atoms with van der Waals surface area (Å²) in [7, 11) is 1.71. The smallest absolute Gasteiger partial charge is 0.146 e. The zero-order chi connectivity index (χ0) is 17.4. The molecule has 1 unspecified atom stereocenters. The number of allylic oxidation sites excluding steroid dienone is 1. The molecule has 2 aromatic rings. The van der Waals surface area contributed by atoms with Crippen LogP contribution in [-0.2, 0) is 17.6 Å². The minimum Gasteiger partial charge on any atom is -0.494 e. The monoisotopic (exact) mass is 335 g/mol. The van der Waals surface area contributed by atoms with Crippen LogP contribution in [0.2, 0.25) is 0 Å². The van der Waals surface area contributed by atoms with Gasteiger partial charge >= 0.3 is 0 Å². The van der Waals surface area contributed by atoms with Crippen LogP contribution in [0.5, 0.6) is 0 Å². The largest absolute Gasteiger partial charge is 0.494 e. The van der Waals surface area contributed by atoms with E-state index in [-0.39, 0.29) is 0 Å². The van der Waals surface area contributed by atoms with E-state index in [4.69, 9.17) is 9.73 Å². The molecular formula is C21H25N3O. The second-order valence-electron chi connectivity index (χ2n) is 6.88. The molecule has 4 heteroatoms. The summed E-state index contributed by atoms with van der Waals surface area (Å²) in [5, 5.41) is 0. The van der Waals surface area contributed by atoms with Gasteiger partial charge < -0.3 is 14.7 Å². The molecule has 4 nitrogen and oxygen atoms in total. The quantitative estimate of drug-likeness (QED) is 0.834. The predicted octanol–water partition coefficient (Wildman–Crippen LogP) is 4.72. The molecule has 4 rings (SSSR count). The Balaban J connectivity index is 1.78. The van der Waals surface area contributed by atoms with Gasteiger partial charge in [0.1, 0.15) is 11.5 Å². The molecule has 0 bridgehead atoms. The van der Waals surface area contributed by atoms with Gasteiger partial charge in [-0.3, -0.25) is 0 Å². The number of nitrogens with zero attached hydrogens (tertiary/aromatic N) is 1. The lowest BCUT2D eigenvalue weighted by Gasteiger charge is -2.20. The minimum absolute atomic E-state index is 0.593. The number of aliphatic imine (C=N–C) groups is 1. The molecule has 1 aliphatic heterocycles. The first-order chi connectivity index (χ1) is 12.2. The lowest BCUT2D eigenvalue weighted by Crippen LogP contribution is -2.06. The van der Waals surface area contributed by atoms with Gasteiger partial charge in [-0.05, 0) is 60.9 Å². The summed E-state index contributed by atoms with van der Waals surface area (Å²) >= 11 is 0. The van der Waals surface area contributed by atoms with Crippen LogP contribution in [0, 0.1) is 0 Å². The maximum Gasteiger partial charge on any atom is 0.146 e. The third kappa shape index (κ3) is 2.76. The van der Waals surface area contributed by atoms with E-state index >= 15 is 0 Å². The van der Waals surface area contributed by atoms with Crippen molar-refractivity contribution in [1.29, 1.82) is 0 Å². The maximum absolute atomic E-state index is 5.58. The average Bonchev–Trinajstić information content (AvgIpc) is 3.33. The predicted molar refractivity (Wildman–Crippen MR) is 102 cm³/mol. The molecule has 0 fully saturated rings. The zero-order valence-corrected chi connectivity index (χ0v) is 15.1. The average molecular weight is 335 g/mol. The van der Waals surface area contributed by atoms with Crippen LogP contribution in [0.25, 0.3) is 6.08 Å². The number of hydrogen-bond acceptors (Lipinski definition) is 2. The highest BCUT2D eigenvalue weighted by molar-refractivity contribution is 6.11. The normalized spacial score (nSPS) is 21.2. The summed E-state index contributed by atoms with van der Waals surface area (Å²) in [6.07, 6.45) is 10.8. The standard InChI is InChI=1S/C21H25N3O/c1-4-15-14-8-5-7-13(2)21(14)19(23-15)11-18-20(25-3)12-17(24-18)16-9-6-10-22-16/h6,9-13,22-23H,4-5,7-8H2,1-3H3. The topological polar surface area (TPSA) is 53.2 Å². The van der Waals surface area contributed by atoms with Crippen LogP contribution < -0.4 is 0 Å². The molecule has 2 aliphatic rings. The lowest BCUT2D eigenvalue weighted by molar-refractivity contribution is 0.303. The van der Waals surface area contributed by atoms with E-state index in [9.17, 15) is 0 Å². The lowest BCUT2D eigenvalue weighted by atomic mass is 9.84. The Morgan fingerprint density at radius 2 is 2.28 bits per heavy atom. The highest BCUT2D eigenvalue weighted by Crippen LogP contribution is 2.38. The molecule has 130 valence electrons. The number of fused-ring (bicyclic) bond motifs is 1. The molecule has 3 heterocycles. The van der Waals surface area contributed by atoms with Crippen LogP contribution >= 0.6 is 0 Å². The number of rotatable bonds is 4. The molecule has 0 saturated heterocycles. The summed E-state index contributed by atoms with van der Waals surface area (Å²) in [6.45, 7) is 4.56. The third-order valence-electron chi connectivity index (χ3n) is 5.31. The van der Waals surface area contributed by atoms with Crippen LogP contribution in [0.4, 0.5) is 0 Å². The second kappa shape index (κ2) is 6.43.